The lowest BCUT2D eigenvalue weighted by Gasteiger charge is -2.26. The summed E-state index contributed by atoms with van der Waals surface area (Å²) >= 11 is 0. The van der Waals surface area contributed by atoms with E-state index < -0.39 is 0 Å². The number of carbonyl (C=O) groups is 1. The van der Waals surface area contributed by atoms with Gasteiger partial charge in [-0.25, -0.2) is 0 Å². The minimum atomic E-state index is 0.233. The third-order valence-electron chi connectivity index (χ3n) is 4.14. The summed E-state index contributed by atoms with van der Waals surface area (Å²) in [5.41, 5.74) is 5.54. The molecular weight excluding hydrogens is 252 g/mol. The smallest absolute Gasteiger partial charge is 0.236 e. The van der Waals surface area contributed by atoms with Crippen LogP contribution in [-0.2, 0) is 4.79 Å². The molecule has 1 aliphatic rings. The number of nitrogens with zero attached hydrogens (tertiary/aromatic N) is 3. The highest BCUT2D eigenvalue weighted by Gasteiger charge is 2.19. The van der Waals surface area contributed by atoms with E-state index in [1.165, 1.54) is 6.42 Å². The molecule has 5 nitrogen and oxygen atoms in total. The van der Waals surface area contributed by atoms with Gasteiger partial charge in [0.25, 0.3) is 0 Å². The van der Waals surface area contributed by atoms with Crippen molar-refractivity contribution in [2.24, 2.45) is 5.73 Å². The van der Waals surface area contributed by atoms with E-state index in [9.17, 15) is 4.79 Å². The Balaban J connectivity index is 2.31. The van der Waals surface area contributed by atoms with Gasteiger partial charge in [0, 0.05) is 26.2 Å². The first-order valence-electron chi connectivity index (χ1n) is 7.95. The molecule has 1 aliphatic heterocycles. The number of hydrogen-bond donors (Lipinski definition) is 1. The molecule has 0 aromatic carbocycles. The Morgan fingerprint density at radius 1 is 1.15 bits per heavy atom. The predicted octanol–water partition coefficient (Wildman–Crippen LogP) is 0.600. The van der Waals surface area contributed by atoms with Gasteiger partial charge in [-0.1, -0.05) is 0 Å². The van der Waals surface area contributed by atoms with Crippen LogP contribution in [0, 0.1) is 0 Å². The lowest BCUT2D eigenvalue weighted by molar-refractivity contribution is -0.132. The fourth-order valence-electron chi connectivity index (χ4n) is 2.48. The molecule has 2 N–H and O–H groups in total. The minimum absolute atomic E-state index is 0.233. The zero-order valence-electron chi connectivity index (χ0n) is 13.5. The first kappa shape index (κ1) is 17.4. The SMILES string of the molecule is CC(C)N(C)C(=O)CN1CCCN(CCCCN)CC1. The molecule has 0 saturated carbocycles. The minimum Gasteiger partial charge on any atom is -0.342 e. The van der Waals surface area contributed by atoms with Crippen LogP contribution in [-0.4, -0.2) is 79.5 Å². The summed E-state index contributed by atoms with van der Waals surface area (Å²) in [5.74, 6) is 0.233. The standard InChI is InChI=1S/C15H32N4O/c1-14(2)17(3)15(20)13-19-10-6-9-18(11-12-19)8-5-4-7-16/h14H,4-13,16H2,1-3H3. The molecule has 0 aliphatic carbocycles. The number of carbonyl (C=O) groups excluding carboxylic acids is 1. The lowest BCUT2D eigenvalue weighted by atomic mass is 10.3. The molecule has 1 amide bonds. The van der Waals surface area contributed by atoms with E-state index in [0.717, 1.165) is 52.1 Å². The first-order chi connectivity index (χ1) is 9.54. The van der Waals surface area contributed by atoms with Gasteiger partial charge in [0.1, 0.15) is 0 Å². The number of amides is 1. The van der Waals surface area contributed by atoms with Crippen molar-refractivity contribution in [2.75, 3.05) is 52.9 Å². The largest absolute Gasteiger partial charge is 0.342 e. The highest BCUT2D eigenvalue weighted by atomic mass is 16.2. The number of nitrogens with two attached hydrogens (primary N) is 1. The summed E-state index contributed by atoms with van der Waals surface area (Å²) in [6.07, 6.45) is 3.45. The molecule has 0 aromatic heterocycles. The second-order valence-corrected chi connectivity index (χ2v) is 6.07. The van der Waals surface area contributed by atoms with Crippen LogP contribution < -0.4 is 5.73 Å². The Bertz CT molecular complexity index is 283. The van der Waals surface area contributed by atoms with Gasteiger partial charge >= 0.3 is 0 Å². The molecule has 0 bridgehead atoms. The van der Waals surface area contributed by atoms with Crippen molar-refractivity contribution in [3.63, 3.8) is 0 Å². The van der Waals surface area contributed by atoms with E-state index in [1.807, 2.05) is 11.9 Å². The number of likely N-dealkylation sites (N-methyl/N-ethyl adjacent to an activating group) is 1. The summed E-state index contributed by atoms with van der Waals surface area (Å²) in [5, 5.41) is 0. The van der Waals surface area contributed by atoms with E-state index in [4.69, 9.17) is 5.73 Å². The van der Waals surface area contributed by atoms with Crippen LogP contribution in [0.5, 0.6) is 0 Å². The van der Waals surface area contributed by atoms with Gasteiger partial charge in [-0.2, -0.15) is 0 Å². The first-order valence-corrected chi connectivity index (χ1v) is 7.95. The van der Waals surface area contributed by atoms with Crippen LogP contribution in [0.1, 0.15) is 33.1 Å². The van der Waals surface area contributed by atoms with Crippen molar-refractivity contribution in [3.8, 4) is 0 Å². The van der Waals surface area contributed by atoms with E-state index >= 15 is 0 Å². The molecule has 5 heteroatoms. The number of hydrogen-bond acceptors (Lipinski definition) is 4. The van der Waals surface area contributed by atoms with Crippen LogP contribution in [0.15, 0.2) is 0 Å². The van der Waals surface area contributed by atoms with Gasteiger partial charge in [-0.3, -0.25) is 9.69 Å². The molecule has 1 heterocycles. The molecule has 1 fully saturated rings. The molecule has 0 atom stereocenters. The van der Waals surface area contributed by atoms with Crippen molar-refractivity contribution >= 4 is 5.91 Å². The van der Waals surface area contributed by atoms with E-state index in [0.29, 0.717) is 6.54 Å². The normalized spacial score (nSPS) is 18.2. The van der Waals surface area contributed by atoms with Gasteiger partial charge in [0.05, 0.1) is 6.54 Å². The summed E-state index contributed by atoms with van der Waals surface area (Å²) < 4.78 is 0. The van der Waals surface area contributed by atoms with Crippen LogP contribution >= 0.6 is 0 Å². The molecule has 1 saturated heterocycles. The Kier molecular flexibility index (Phi) is 8.11. The maximum absolute atomic E-state index is 12.1. The molecular formula is C15H32N4O. The summed E-state index contributed by atoms with van der Waals surface area (Å²) in [7, 11) is 1.89. The second kappa shape index (κ2) is 9.32. The van der Waals surface area contributed by atoms with Crippen LogP contribution in [0.25, 0.3) is 0 Å². The molecule has 118 valence electrons. The third kappa shape index (κ3) is 6.20. The maximum atomic E-state index is 12.1. The van der Waals surface area contributed by atoms with Crippen molar-refractivity contribution in [3.05, 3.63) is 0 Å². The van der Waals surface area contributed by atoms with Gasteiger partial charge in [-0.05, 0) is 59.3 Å². The third-order valence-corrected chi connectivity index (χ3v) is 4.14. The Morgan fingerprint density at radius 2 is 1.80 bits per heavy atom. The van der Waals surface area contributed by atoms with Crippen molar-refractivity contribution in [2.45, 2.75) is 39.2 Å². The van der Waals surface area contributed by atoms with E-state index in [1.54, 1.807) is 0 Å². The zero-order chi connectivity index (χ0) is 15.0. The van der Waals surface area contributed by atoms with Gasteiger partial charge in [0.15, 0.2) is 0 Å². The lowest BCUT2D eigenvalue weighted by Crippen LogP contribution is -2.42. The van der Waals surface area contributed by atoms with Crippen molar-refractivity contribution in [1.82, 2.24) is 14.7 Å². The fourth-order valence-corrected chi connectivity index (χ4v) is 2.48. The predicted molar refractivity (Wildman–Crippen MR) is 83.7 cm³/mol. The molecule has 0 spiro atoms. The second-order valence-electron chi connectivity index (χ2n) is 6.07. The highest BCUT2D eigenvalue weighted by Crippen LogP contribution is 2.06. The number of rotatable bonds is 7. The molecule has 1 rings (SSSR count). The quantitative estimate of drug-likeness (QED) is 0.696. The average molecular weight is 284 g/mol. The van der Waals surface area contributed by atoms with Crippen LogP contribution in [0.2, 0.25) is 0 Å². The Labute approximate surface area is 124 Å². The van der Waals surface area contributed by atoms with Gasteiger partial charge in [-0.15, -0.1) is 0 Å². The topological polar surface area (TPSA) is 52.8 Å². The summed E-state index contributed by atoms with van der Waals surface area (Å²) in [6.45, 7) is 10.9. The number of unbranched alkanes of at least 4 members (excludes halogenated alkanes) is 1. The van der Waals surface area contributed by atoms with Gasteiger partial charge < -0.3 is 15.5 Å². The van der Waals surface area contributed by atoms with E-state index in [-0.39, 0.29) is 11.9 Å². The monoisotopic (exact) mass is 284 g/mol. The molecule has 0 radical (unpaired) electrons. The van der Waals surface area contributed by atoms with Gasteiger partial charge in [0.2, 0.25) is 5.91 Å². The Morgan fingerprint density at radius 3 is 2.45 bits per heavy atom. The zero-order valence-corrected chi connectivity index (χ0v) is 13.5. The summed E-state index contributed by atoms with van der Waals surface area (Å²) in [6, 6.07) is 0.280. The average Bonchev–Trinajstić information content (AvgIpc) is 2.63. The van der Waals surface area contributed by atoms with E-state index in [2.05, 4.69) is 23.6 Å². The highest BCUT2D eigenvalue weighted by molar-refractivity contribution is 5.78. The van der Waals surface area contributed by atoms with Crippen LogP contribution in [0.4, 0.5) is 0 Å². The maximum Gasteiger partial charge on any atom is 0.236 e. The van der Waals surface area contributed by atoms with Crippen molar-refractivity contribution in [1.29, 1.82) is 0 Å². The molecule has 0 unspecified atom stereocenters. The van der Waals surface area contributed by atoms with Crippen molar-refractivity contribution < 1.29 is 4.79 Å². The molecule has 20 heavy (non-hydrogen) atoms. The Hall–Kier alpha value is -0.650. The fraction of sp³-hybridized carbons (Fsp3) is 0.933. The molecule has 0 aromatic rings. The van der Waals surface area contributed by atoms with Crippen LogP contribution in [0.3, 0.4) is 0 Å². The summed E-state index contributed by atoms with van der Waals surface area (Å²) in [4.78, 5) is 18.8.